The van der Waals surface area contributed by atoms with E-state index < -0.39 is 0 Å². The van der Waals surface area contributed by atoms with Crippen LogP contribution in [-0.4, -0.2) is 24.7 Å². The molecule has 0 spiro atoms. The predicted octanol–water partition coefficient (Wildman–Crippen LogP) is 3.40. The summed E-state index contributed by atoms with van der Waals surface area (Å²) in [4.78, 5) is 11.8. The average molecular weight is 318 g/mol. The Balaban J connectivity index is 1.56. The van der Waals surface area contributed by atoms with Crippen molar-refractivity contribution in [1.29, 1.82) is 0 Å². The Morgan fingerprint density at radius 1 is 1.08 bits per heavy atom. The summed E-state index contributed by atoms with van der Waals surface area (Å²) in [6, 6.07) is 16.7. The average Bonchev–Trinajstić information content (AvgIpc) is 3.30. The van der Waals surface area contributed by atoms with Crippen molar-refractivity contribution in [3.8, 4) is 0 Å². The lowest BCUT2D eigenvalue weighted by Crippen LogP contribution is -2.15. The summed E-state index contributed by atoms with van der Waals surface area (Å²) in [6.45, 7) is 0.789. The lowest BCUT2D eigenvalue weighted by molar-refractivity contribution is 0.537. The number of aryl methyl sites for hydroxylation is 1. The van der Waals surface area contributed by atoms with Crippen LogP contribution in [0.2, 0.25) is 0 Å². The van der Waals surface area contributed by atoms with E-state index in [4.69, 9.17) is 0 Å². The first-order valence-corrected chi connectivity index (χ1v) is 7.96. The molecule has 0 bridgehead atoms. The molecule has 0 saturated carbocycles. The minimum Gasteiger partial charge on any atom is -0.363 e. The SMILES string of the molecule is c1ccc(C(CCn2cncn2)Nc2ccc3cc[nH]c3n2)cc1. The van der Waals surface area contributed by atoms with Gasteiger partial charge in [-0.05, 0) is 30.2 Å². The summed E-state index contributed by atoms with van der Waals surface area (Å²) in [7, 11) is 0. The predicted molar refractivity (Wildman–Crippen MR) is 93.5 cm³/mol. The van der Waals surface area contributed by atoms with Crippen LogP contribution in [0, 0.1) is 0 Å². The van der Waals surface area contributed by atoms with Crippen molar-refractivity contribution >= 4 is 16.9 Å². The largest absolute Gasteiger partial charge is 0.363 e. The molecule has 120 valence electrons. The first-order chi connectivity index (χ1) is 11.9. The number of hydrogen-bond acceptors (Lipinski definition) is 4. The second kappa shape index (κ2) is 6.54. The molecule has 0 saturated heterocycles. The molecule has 1 aromatic carbocycles. The van der Waals surface area contributed by atoms with Crippen molar-refractivity contribution in [2.45, 2.75) is 19.0 Å². The smallest absolute Gasteiger partial charge is 0.139 e. The molecule has 2 N–H and O–H groups in total. The van der Waals surface area contributed by atoms with Crippen LogP contribution in [0.15, 0.2) is 67.4 Å². The van der Waals surface area contributed by atoms with Gasteiger partial charge in [-0.15, -0.1) is 0 Å². The molecule has 6 nitrogen and oxygen atoms in total. The maximum Gasteiger partial charge on any atom is 0.139 e. The molecule has 3 heterocycles. The highest BCUT2D eigenvalue weighted by Crippen LogP contribution is 2.23. The fourth-order valence-corrected chi connectivity index (χ4v) is 2.81. The van der Waals surface area contributed by atoms with Crippen LogP contribution in [0.4, 0.5) is 5.82 Å². The number of H-pyrrole nitrogens is 1. The number of pyridine rings is 1. The van der Waals surface area contributed by atoms with Gasteiger partial charge in [-0.3, -0.25) is 4.68 Å². The maximum atomic E-state index is 4.64. The van der Waals surface area contributed by atoms with Crippen molar-refractivity contribution in [2.24, 2.45) is 0 Å². The van der Waals surface area contributed by atoms with Crippen LogP contribution < -0.4 is 5.32 Å². The van der Waals surface area contributed by atoms with Crippen molar-refractivity contribution in [3.63, 3.8) is 0 Å². The van der Waals surface area contributed by atoms with Gasteiger partial charge >= 0.3 is 0 Å². The fraction of sp³-hybridized carbons (Fsp3) is 0.167. The Bertz CT molecular complexity index is 898. The van der Waals surface area contributed by atoms with Crippen LogP contribution in [0.25, 0.3) is 11.0 Å². The number of nitrogens with zero attached hydrogens (tertiary/aromatic N) is 4. The molecule has 0 radical (unpaired) electrons. The molecule has 24 heavy (non-hydrogen) atoms. The van der Waals surface area contributed by atoms with Gasteiger partial charge in [0.05, 0.1) is 6.04 Å². The molecule has 4 aromatic rings. The molecule has 4 rings (SSSR count). The quantitative estimate of drug-likeness (QED) is 0.571. The van der Waals surface area contributed by atoms with E-state index in [1.165, 1.54) is 5.56 Å². The fourth-order valence-electron chi connectivity index (χ4n) is 2.81. The Morgan fingerprint density at radius 2 is 2.00 bits per heavy atom. The summed E-state index contributed by atoms with van der Waals surface area (Å²) >= 11 is 0. The van der Waals surface area contributed by atoms with Crippen LogP contribution in [0.3, 0.4) is 0 Å². The van der Waals surface area contributed by atoms with Gasteiger partial charge in [0, 0.05) is 18.1 Å². The molecular formula is C18H18N6. The van der Waals surface area contributed by atoms with Gasteiger partial charge in [0.15, 0.2) is 0 Å². The van der Waals surface area contributed by atoms with E-state index >= 15 is 0 Å². The van der Waals surface area contributed by atoms with Crippen LogP contribution in [0.5, 0.6) is 0 Å². The number of aromatic amines is 1. The topological polar surface area (TPSA) is 71.4 Å². The van der Waals surface area contributed by atoms with E-state index in [2.05, 4.69) is 55.7 Å². The third kappa shape index (κ3) is 3.12. The highest BCUT2D eigenvalue weighted by atomic mass is 15.3. The molecular weight excluding hydrogens is 300 g/mol. The lowest BCUT2D eigenvalue weighted by atomic mass is 10.0. The number of aromatic nitrogens is 5. The Hall–Kier alpha value is -3.15. The number of hydrogen-bond donors (Lipinski definition) is 2. The van der Waals surface area contributed by atoms with Crippen LogP contribution >= 0.6 is 0 Å². The molecule has 0 amide bonds. The Kier molecular flexibility index (Phi) is 3.93. The van der Waals surface area contributed by atoms with E-state index in [1.54, 1.807) is 12.7 Å². The van der Waals surface area contributed by atoms with Crippen molar-refractivity contribution < 1.29 is 0 Å². The molecule has 6 heteroatoms. The minimum absolute atomic E-state index is 0.148. The first kappa shape index (κ1) is 14.4. The standard InChI is InChI=1S/C18H18N6/c1-2-4-14(5-3-1)16(9-11-24-13-19-12-21-24)22-17-7-6-15-8-10-20-18(15)23-17/h1-8,10,12-13,16H,9,11H2,(H2,20,22,23). The third-order valence-electron chi connectivity index (χ3n) is 4.05. The van der Waals surface area contributed by atoms with Gasteiger partial charge in [0.2, 0.25) is 0 Å². The molecule has 0 aliphatic carbocycles. The molecule has 0 fully saturated rings. The highest BCUT2D eigenvalue weighted by molar-refractivity contribution is 5.77. The number of nitrogens with one attached hydrogen (secondary N) is 2. The summed E-state index contributed by atoms with van der Waals surface area (Å²) in [5, 5.41) is 8.84. The van der Waals surface area contributed by atoms with Gasteiger partial charge in [0.1, 0.15) is 24.1 Å². The van der Waals surface area contributed by atoms with Gasteiger partial charge in [-0.2, -0.15) is 5.10 Å². The summed E-state index contributed by atoms with van der Waals surface area (Å²) in [5.74, 6) is 0.859. The Labute approximate surface area is 139 Å². The van der Waals surface area contributed by atoms with E-state index in [0.29, 0.717) is 0 Å². The van der Waals surface area contributed by atoms with E-state index in [1.807, 2.05) is 29.1 Å². The van der Waals surface area contributed by atoms with Crippen molar-refractivity contribution in [3.05, 3.63) is 72.9 Å². The van der Waals surface area contributed by atoms with E-state index in [0.717, 1.165) is 29.8 Å². The van der Waals surface area contributed by atoms with E-state index in [9.17, 15) is 0 Å². The highest BCUT2D eigenvalue weighted by Gasteiger charge is 2.13. The van der Waals surface area contributed by atoms with Gasteiger partial charge in [-0.1, -0.05) is 30.3 Å². The normalized spacial score (nSPS) is 12.3. The molecule has 1 unspecified atom stereocenters. The zero-order chi connectivity index (χ0) is 16.2. The first-order valence-electron chi connectivity index (χ1n) is 7.96. The number of fused-ring (bicyclic) bond motifs is 1. The zero-order valence-corrected chi connectivity index (χ0v) is 13.1. The van der Waals surface area contributed by atoms with Gasteiger partial charge < -0.3 is 10.3 Å². The zero-order valence-electron chi connectivity index (χ0n) is 13.1. The van der Waals surface area contributed by atoms with Crippen LogP contribution in [-0.2, 0) is 6.54 Å². The monoisotopic (exact) mass is 318 g/mol. The molecule has 3 aromatic heterocycles. The van der Waals surface area contributed by atoms with Gasteiger partial charge in [-0.25, -0.2) is 9.97 Å². The third-order valence-corrected chi connectivity index (χ3v) is 4.05. The second-order valence-corrected chi connectivity index (χ2v) is 5.67. The van der Waals surface area contributed by atoms with Crippen molar-refractivity contribution in [1.82, 2.24) is 24.7 Å². The minimum atomic E-state index is 0.148. The number of rotatable bonds is 6. The number of anilines is 1. The number of benzene rings is 1. The van der Waals surface area contributed by atoms with Gasteiger partial charge in [0.25, 0.3) is 0 Å². The Morgan fingerprint density at radius 3 is 2.83 bits per heavy atom. The summed E-state index contributed by atoms with van der Waals surface area (Å²) < 4.78 is 1.85. The second-order valence-electron chi connectivity index (χ2n) is 5.67. The molecule has 1 atom stereocenters. The van der Waals surface area contributed by atoms with Crippen molar-refractivity contribution in [2.75, 3.05) is 5.32 Å². The molecule has 0 aliphatic heterocycles. The summed E-state index contributed by atoms with van der Waals surface area (Å²) in [5.41, 5.74) is 2.12. The van der Waals surface area contributed by atoms with E-state index in [-0.39, 0.29) is 6.04 Å². The summed E-state index contributed by atoms with van der Waals surface area (Å²) in [6.07, 6.45) is 6.09. The maximum absolute atomic E-state index is 4.64. The molecule has 0 aliphatic rings. The lowest BCUT2D eigenvalue weighted by Gasteiger charge is -2.20. The van der Waals surface area contributed by atoms with Crippen LogP contribution in [0.1, 0.15) is 18.0 Å².